The van der Waals surface area contributed by atoms with Gasteiger partial charge in [-0.15, -0.1) is 0 Å². The van der Waals surface area contributed by atoms with Crippen LogP contribution in [-0.2, 0) is 9.53 Å². The van der Waals surface area contributed by atoms with Gasteiger partial charge >= 0.3 is 5.97 Å². The fourth-order valence-corrected chi connectivity index (χ4v) is 7.47. The van der Waals surface area contributed by atoms with Crippen LogP contribution in [0.25, 0.3) is 0 Å². The molecule has 6 rings (SSSR count). The minimum atomic E-state index is -0.452. The number of halogens is 1. The number of ether oxygens (including phenoxy) is 1. The van der Waals surface area contributed by atoms with Gasteiger partial charge in [-0.1, -0.05) is 28.1 Å². The summed E-state index contributed by atoms with van der Waals surface area (Å²) in [5.74, 6) is 0.124. The molecule has 0 radical (unpaired) electrons. The van der Waals surface area contributed by atoms with Crippen LogP contribution in [0.4, 0.5) is 0 Å². The van der Waals surface area contributed by atoms with Gasteiger partial charge in [0.1, 0.15) is 0 Å². The van der Waals surface area contributed by atoms with Crippen molar-refractivity contribution in [3.63, 3.8) is 0 Å². The summed E-state index contributed by atoms with van der Waals surface area (Å²) in [5.41, 5.74) is 0.303. The van der Waals surface area contributed by atoms with Crippen LogP contribution in [0.3, 0.4) is 0 Å². The summed E-state index contributed by atoms with van der Waals surface area (Å²) in [7, 11) is 0. The maximum atomic E-state index is 13.0. The van der Waals surface area contributed by atoms with E-state index in [9.17, 15) is 14.4 Å². The first-order valence-corrected chi connectivity index (χ1v) is 10.00. The van der Waals surface area contributed by atoms with Gasteiger partial charge in [-0.05, 0) is 62.5 Å². The summed E-state index contributed by atoms with van der Waals surface area (Å²) in [5, 5.41) is 0. The Bertz CT molecular complexity index is 786. The molecule has 4 aliphatic carbocycles. The van der Waals surface area contributed by atoms with E-state index in [-0.39, 0.29) is 28.8 Å². The normalized spacial score (nSPS) is 37.2. The number of esters is 1. The van der Waals surface area contributed by atoms with E-state index in [2.05, 4.69) is 15.9 Å². The van der Waals surface area contributed by atoms with Gasteiger partial charge < -0.3 is 4.74 Å². The highest BCUT2D eigenvalue weighted by Crippen LogP contribution is 2.64. The van der Waals surface area contributed by atoms with Gasteiger partial charge in [0.05, 0.1) is 16.5 Å². The number of hydrogen-bond acceptors (Lipinski definition) is 4. The molecule has 1 aromatic rings. The van der Waals surface area contributed by atoms with Crippen molar-refractivity contribution in [3.05, 3.63) is 35.4 Å². The fraction of sp³-hybridized carbons (Fsp3) is 0.550. The van der Waals surface area contributed by atoms with Gasteiger partial charge in [-0.3, -0.25) is 14.4 Å². The van der Waals surface area contributed by atoms with Crippen LogP contribution in [0.2, 0.25) is 0 Å². The molecule has 0 spiro atoms. The van der Waals surface area contributed by atoms with Gasteiger partial charge in [0.15, 0.2) is 6.73 Å². The first kappa shape index (κ1) is 16.5. The second-order valence-electron chi connectivity index (χ2n) is 8.54. The number of alkyl halides is 1. The molecule has 0 unspecified atom stereocenters. The van der Waals surface area contributed by atoms with E-state index in [1.165, 1.54) is 6.42 Å². The lowest BCUT2D eigenvalue weighted by Gasteiger charge is -2.58. The van der Waals surface area contributed by atoms with Crippen LogP contribution in [0, 0.1) is 17.3 Å². The molecular weight excluding hydrogens is 398 g/mol. The van der Waals surface area contributed by atoms with Crippen molar-refractivity contribution in [3.8, 4) is 0 Å². The molecular formula is C20H20BrNO4. The SMILES string of the molecule is O=C1c2ccccc2C(=O)N1COC(=O)C12C[C@H]3C[C@@H](CC(Br)(C3)C1)C2. The summed E-state index contributed by atoms with van der Waals surface area (Å²) >= 11 is 3.89. The third kappa shape index (κ3) is 2.30. The van der Waals surface area contributed by atoms with Crippen LogP contribution in [0.15, 0.2) is 24.3 Å². The Labute approximate surface area is 160 Å². The van der Waals surface area contributed by atoms with Crippen molar-refractivity contribution >= 4 is 33.7 Å². The van der Waals surface area contributed by atoms with E-state index in [1.54, 1.807) is 24.3 Å². The van der Waals surface area contributed by atoms with Crippen LogP contribution in [0.1, 0.15) is 59.2 Å². The topological polar surface area (TPSA) is 63.7 Å². The van der Waals surface area contributed by atoms with E-state index >= 15 is 0 Å². The molecule has 5 nitrogen and oxygen atoms in total. The molecule has 4 saturated carbocycles. The Balaban J connectivity index is 1.32. The minimum absolute atomic E-state index is 0.0611. The quantitative estimate of drug-likeness (QED) is 0.428. The van der Waals surface area contributed by atoms with Crippen molar-refractivity contribution < 1.29 is 19.1 Å². The molecule has 4 bridgehead atoms. The van der Waals surface area contributed by atoms with Gasteiger partial charge in [-0.25, -0.2) is 4.90 Å². The second kappa shape index (κ2) is 5.41. The van der Waals surface area contributed by atoms with Crippen LogP contribution >= 0.6 is 15.9 Å². The third-order valence-corrected chi connectivity index (χ3v) is 7.55. The van der Waals surface area contributed by atoms with Gasteiger partial charge in [0.2, 0.25) is 0 Å². The monoisotopic (exact) mass is 417 g/mol. The summed E-state index contributed by atoms with van der Waals surface area (Å²) in [6.07, 6.45) is 6.03. The number of carbonyl (C=O) groups excluding carboxylic acids is 3. The smallest absolute Gasteiger partial charge is 0.313 e. The van der Waals surface area contributed by atoms with E-state index in [1.807, 2.05) is 0 Å². The highest BCUT2D eigenvalue weighted by Gasteiger charge is 2.60. The summed E-state index contributed by atoms with van der Waals surface area (Å²) in [4.78, 5) is 38.9. The highest BCUT2D eigenvalue weighted by atomic mass is 79.9. The average Bonchev–Trinajstić information content (AvgIpc) is 2.82. The zero-order chi connectivity index (χ0) is 18.1. The third-order valence-electron chi connectivity index (χ3n) is 6.63. The number of carbonyl (C=O) groups is 3. The lowest BCUT2D eigenvalue weighted by molar-refractivity contribution is -0.172. The van der Waals surface area contributed by atoms with E-state index < -0.39 is 5.41 Å². The summed E-state index contributed by atoms with van der Waals surface area (Å²) in [6, 6.07) is 6.71. The van der Waals surface area contributed by atoms with Gasteiger partial charge in [0, 0.05) is 4.32 Å². The lowest BCUT2D eigenvalue weighted by Crippen LogP contribution is -2.56. The van der Waals surface area contributed by atoms with E-state index in [4.69, 9.17) is 4.74 Å². The number of hydrogen-bond donors (Lipinski definition) is 0. The molecule has 2 amide bonds. The molecule has 1 aromatic carbocycles. The lowest BCUT2D eigenvalue weighted by atomic mass is 9.49. The van der Waals surface area contributed by atoms with Crippen LogP contribution < -0.4 is 0 Å². The minimum Gasteiger partial charge on any atom is -0.443 e. The molecule has 6 heteroatoms. The van der Waals surface area contributed by atoms with Crippen LogP contribution in [0.5, 0.6) is 0 Å². The molecule has 5 aliphatic rings. The van der Waals surface area contributed by atoms with Crippen molar-refractivity contribution in [2.24, 2.45) is 17.3 Å². The summed E-state index contributed by atoms with van der Waals surface area (Å²) in [6.45, 7) is -0.294. The molecule has 1 heterocycles. The van der Waals surface area contributed by atoms with Crippen molar-refractivity contribution in [2.75, 3.05) is 6.73 Å². The largest absolute Gasteiger partial charge is 0.443 e. The Kier molecular flexibility index (Phi) is 3.43. The predicted octanol–water partition coefficient (Wildman–Crippen LogP) is 3.52. The molecule has 136 valence electrons. The Morgan fingerprint density at radius 1 is 1.08 bits per heavy atom. The number of benzene rings is 1. The van der Waals surface area contributed by atoms with Crippen LogP contribution in [-0.4, -0.2) is 33.7 Å². The first-order valence-electron chi connectivity index (χ1n) is 9.21. The molecule has 0 N–H and O–H groups in total. The zero-order valence-corrected chi connectivity index (χ0v) is 16.0. The van der Waals surface area contributed by atoms with Gasteiger partial charge in [-0.2, -0.15) is 0 Å². The van der Waals surface area contributed by atoms with Crippen molar-refractivity contribution in [1.29, 1.82) is 0 Å². The first-order chi connectivity index (χ1) is 12.4. The Morgan fingerprint density at radius 2 is 1.65 bits per heavy atom. The van der Waals surface area contributed by atoms with E-state index in [0.717, 1.165) is 37.0 Å². The standard InChI is InChI=1S/C20H20BrNO4/c21-20-8-12-5-13(9-20)7-19(6-12,10-20)18(25)26-11-22-16(23)14-3-1-2-4-15(14)17(22)24/h1-4,12-13H,5-11H2/t12-,13-,19?,20?/m1/s1. The molecule has 4 fully saturated rings. The predicted molar refractivity (Wildman–Crippen MR) is 96.7 cm³/mol. The number of rotatable bonds is 3. The second-order valence-corrected chi connectivity index (χ2v) is 10.2. The number of amides is 2. The molecule has 26 heavy (non-hydrogen) atoms. The Morgan fingerprint density at radius 3 is 2.19 bits per heavy atom. The van der Waals surface area contributed by atoms with Crippen molar-refractivity contribution in [2.45, 2.75) is 42.8 Å². The number of fused-ring (bicyclic) bond motifs is 1. The fourth-order valence-electron chi connectivity index (χ4n) is 6.02. The average molecular weight is 418 g/mol. The molecule has 1 aliphatic heterocycles. The highest BCUT2D eigenvalue weighted by molar-refractivity contribution is 9.10. The molecule has 2 atom stereocenters. The maximum Gasteiger partial charge on any atom is 0.313 e. The van der Waals surface area contributed by atoms with Crippen molar-refractivity contribution in [1.82, 2.24) is 4.90 Å². The number of imide groups is 1. The number of nitrogens with zero attached hydrogens (tertiary/aromatic N) is 1. The summed E-state index contributed by atoms with van der Waals surface area (Å²) < 4.78 is 5.61. The molecule has 0 saturated heterocycles. The molecule has 0 aromatic heterocycles. The zero-order valence-electron chi connectivity index (χ0n) is 14.4. The maximum absolute atomic E-state index is 13.0. The van der Waals surface area contributed by atoms with Gasteiger partial charge in [0.25, 0.3) is 11.8 Å². The van der Waals surface area contributed by atoms with E-state index in [0.29, 0.717) is 23.0 Å². The Hall–Kier alpha value is -1.69.